The largest absolute Gasteiger partial charge is 0.313 e. The van der Waals surface area contributed by atoms with Gasteiger partial charge in [-0.05, 0) is 12.3 Å². The molecule has 0 aromatic heterocycles. The van der Waals surface area contributed by atoms with Crippen molar-refractivity contribution in [3.05, 3.63) is 0 Å². The van der Waals surface area contributed by atoms with Crippen LogP contribution in [0.15, 0.2) is 4.99 Å². The Bertz CT molecular complexity index is 247. The van der Waals surface area contributed by atoms with Crippen LogP contribution in [0.25, 0.3) is 0 Å². The Morgan fingerprint density at radius 2 is 2.15 bits per heavy atom. The maximum absolute atomic E-state index is 11.0. The van der Waals surface area contributed by atoms with Crippen molar-refractivity contribution in [1.82, 2.24) is 5.32 Å². The third kappa shape index (κ3) is 1.74. The topological polar surface area (TPSA) is 41.5 Å². The number of hydrogen-bond acceptors (Lipinski definition) is 2. The van der Waals surface area contributed by atoms with Crippen LogP contribution in [-0.2, 0) is 4.79 Å². The average Bonchev–Trinajstić information content (AvgIpc) is 2.53. The highest BCUT2D eigenvalue weighted by Crippen LogP contribution is 2.30. The minimum absolute atomic E-state index is 0.0628. The zero-order valence-electron chi connectivity index (χ0n) is 8.05. The summed E-state index contributed by atoms with van der Waals surface area (Å²) in [6.07, 6.45) is 5.09. The summed E-state index contributed by atoms with van der Waals surface area (Å²) in [6.45, 7) is 2.61. The highest BCUT2D eigenvalue weighted by molar-refractivity contribution is 6.05. The first kappa shape index (κ1) is 8.73. The van der Waals surface area contributed by atoms with Gasteiger partial charge >= 0.3 is 0 Å². The van der Waals surface area contributed by atoms with Crippen molar-refractivity contribution in [2.75, 3.05) is 6.54 Å². The Kier molecular flexibility index (Phi) is 2.34. The molecule has 0 radical (unpaired) electrons. The molecule has 3 nitrogen and oxygen atoms in total. The van der Waals surface area contributed by atoms with E-state index in [2.05, 4.69) is 17.2 Å². The van der Waals surface area contributed by atoms with E-state index in [0.29, 0.717) is 18.4 Å². The summed E-state index contributed by atoms with van der Waals surface area (Å²) in [6, 6.07) is 0. The van der Waals surface area contributed by atoms with Gasteiger partial charge in [0.25, 0.3) is 0 Å². The molecule has 0 spiro atoms. The van der Waals surface area contributed by atoms with E-state index in [0.717, 1.165) is 5.84 Å². The molecule has 72 valence electrons. The lowest BCUT2D eigenvalue weighted by Crippen LogP contribution is -2.35. The van der Waals surface area contributed by atoms with Crippen LogP contribution in [0.2, 0.25) is 0 Å². The SMILES string of the molecule is CC1CCCCC1C1=NCC(=O)N1. The molecular formula is C10H16N2O. The van der Waals surface area contributed by atoms with Gasteiger partial charge in [0.1, 0.15) is 12.4 Å². The second kappa shape index (κ2) is 3.48. The molecule has 2 aliphatic rings. The molecule has 1 aliphatic carbocycles. The molecule has 1 heterocycles. The van der Waals surface area contributed by atoms with Crippen LogP contribution >= 0.6 is 0 Å². The Morgan fingerprint density at radius 3 is 2.77 bits per heavy atom. The summed E-state index contributed by atoms with van der Waals surface area (Å²) < 4.78 is 0. The zero-order chi connectivity index (χ0) is 9.26. The van der Waals surface area contributed by atoms with Crippen LogP contribution in [0.4, 0.5) is 0 Å². The van der Waals surface area contributed by atoms with Crippen molar-refractivity contribution in [3.63, 3.8) is 0 Å². The van der Waals surface area contributed by atoms with Gasteiger partial charge in [-0.1, -0.05) is 26.2 Å². The third-order valence-corrected chi connectivity index (χ3v) is 3.12. The fourth-order valence-corrected chi connectivity index (χ4v) is 2.31. The number of nitrogens with one attached hydrogen (secondary N) is 1. The summed E-state index contributed by atoms with van der Waals surface area (Å²) in [7, 11) is 0. The number of amides is 1. The van der Waals surface area contributed by atoms with E-state index in [1.54, 1.807) is 0 Å². The number of hydrogen-bond donors (Lipinski definition) is 1. The number of carbonyl (C=O) groups excluding carboxylic acids is 1. The molecule has 0 saturated heterocycles. The lowest BCUT2D eigenvalue weighted by molar-refractivity contribution is -0.117. The van der Waals surface area contributed by atoms with Crippen LogP contribution < -0.4 is 5.32 Å². The maximum atomic E-state index is 11.0. The van der Waals surface area contributed by atoms with E-state index in [1.165, 1.54) is 25.7 Å². The molecule has 0 bridgehead atoms. The van der Waals surface area contributed by atoms with Crippen molar-refractivity contribution in [2.45, 2.75) is 32.6 Å². The number of nitrogens with zero attached hydrogens (tertiary/aromatic N) is 1. The molecule has 2 unspecified atom stereocenters. The summed E-state index contributed by atoms with van der Waals surface area (Å²) in [5.74, 6) is 2.22. The van der Waals surface area contributed by atoms with Crippen LogP contribution in [0.3, 0.4) is 0 Å². The Hall–Kier alpha value is -0.860. The molecule has 1 aliphatic heterocycles. The molecule has 1 N–H and O–H groups in total. The van der Waals surface area contributed by atoms with Crippen molar-refractivity contribution in [2.24, 2.45) is 16.8 Å². The van der Waals surface area contributed by atoms with Gasteiger partial charge in [0.05, 0.1) is 0 Å². The molecule has 2 rings (SSSR count). The fourth-order valence-electron chi connectivity index (χ4n) is 2.31. The van der Waals surface area contributed by atoms with Gasteiger partial charge in [-0.25, -0.2) is 0 Å². The number of carbonyl (C=O) groups is 1. The Balaban J connectivity index is 2.02. The first-order chi connectivity index (χ1) is 6.27. The normalized spacial score (nSPS) is 34.2. The summed E-state index contributed by atoms with van der Waals surface area (Å²) in [5, 5.41) is 2.87. The quantitative estimate of drug-likeness (QED) is 0.650. The summed E-state index contributed by atoms with van der Waals surface area (Å²) in [5.41, 5.74) is 0. The molecule has 1 saturated carbocycles. The predicted octanol–water partition coefficient (Wildman–Crippen LogP) is 1.34. The van der Waals surface area contributed by atoms with Crippen LogP contribution in [0.5, 0.6) is 0 Å². The van der Waals surface area contributed by atoms with Crippen molar-refractivity contribution in [1.29, 1.82) is 0 Å². The molecule has 1 fully saturated rings. The predicted molar refractivity (Wildman–Crippen MR) is 51.6 cm³/mol. The van der Waals surface area contributed by atoms with Crippen LogP contribution in [0.1, 0.15) is 32.6 Å². The standard InChI is InChI=1S/C10H16N2O/c1-7-4-2-3-5-8(7)10-11-6-9(13)12-10/h7-8H,2-6H2,1H3,(H,11,12,13). The van der Waals surface area contributed by atoms with Crippen LogP contribution in [0, 0.1) is 11.8 Å². The minimum atomic E-state index is 0.0628. The van der Waals surface area contributed by atoms with Gasteiger partial charge in [0, 0.05) is 5.92 Å². The third-order valence-electron chi connectivity index (χ3n) is 3.12. The Morgan fingerprint density at radius 1 is 1.38 bits per heavy atom. The highest BCUT2D eigenvalue weighted by atomic mass is 16.2. The van der Waals surface area contributed by atoms with E-state index in [4.69, 9.17) is 0 Å². The van der Waals surface area contributed by atoms with Gasteiger partial charge in [0.15, 0.2) is 0 Å². The summed E-state index contributed by atoms with van der Waals surface area (Å²) >= 11 is 0. The van der Waals surface area contributed by atoms with Gasteiger partial charge in [-0.3, -0.25) is 9.79 Å². The van der Waals surface area contributed by atoms with E-state index in [-0.39, 0.29) is 5.91 Å². The maximum Gasteiger partial charge on any atom is 0.247 e. The van der Waals surface area contributed by atoms with E-state index < -0.39 is 0 Å². The van der Waals surface area contributed by atoms with Gasteiger partial charge in [0.2, 0.25) is 5.91 Å². The molecular weight excluding hydrogens is 164 g/mol. The molecule has 0 aromatic rings. The Labute approximate surface area is 78.6 Å². The average molecular weight is 180 g/mol. The highest BCUT2D eigenvalue weighted by Gasteiger charge is 2.29. The van der Waals surface area contributed by atoms with E-state index >= 15 is 0 Å². The lowest BCUT2D eigenvalue weighted by atomic mass is 9.80. The number of aliphatic imine (C=N–C) groups is 1. The van der Waals surface area contributed by atoms with Gasteiger partial charge in [-0.15, -0.1) is 0 Å². The van der Waals surface area contributed by atoms with Crippen LogP contribution in [-0.4, -0.2) is 18.3 Å². The number of rotatable bonds is 1. The van der Waals surface area contributed by atoms with Gasteiger partial charge in [-0.2, -0.15) is 0 Å². The monoisotopic (exact) mass is 180 g/mol. The van der Waals surface area contributed by atoms with Gasteiger partial charge < -0.3 is 5.32 Å². The van der Waals surface area contributed by atoms with E-state index in [9.17, 15) is 4.79 Å². The van der Waals surface area contributed by atoms with Crippen molar-refractivity contribution < 1.29 is 4.79 Å². The zero-order valence-corrected chi connectivity index (χ0v) is 8.05. The molecule has 2 atom stereocenters. The van der Waals surface area contributed by atoms with E-state index in [1.807, 2.05) is 0 Å². The molecule has 0 aromatic carbocycles. The number of amidine groups is 1. The molecule has 3 heteroatoms. The van der Waals surface area contributed by atoms with Crippen molar-refractivity contribution >= 4 is 11.7 Å². The lowest BCUT2D eigenvalue weighted by Gasteiger charge is -2.28. The summed E-state index contributed by atoms with van der Waals surface area (Å²) in [4.78, 5) is 15.2. The second-order valence-corrected chi connectivity index (χ2v) is 4.12. The molecule has 13 heavy (non-hydrogen) atoms. The fraction of sp³-hybridized carbons (Fsp3) is 0.800. The minimum Gasteiger partial charge on any atom is -0.313 e. The second-order valence-electron chi connectivity index (χ2n) is 4.12. The van der Waals surface area contributed by atoms with Crippen molar-refractivity contribution in [3.8, 4) is 0 Å². The molecule has 1 amide bonds. The first-order valence-electron chi connectivity index (χ1n) is 5.11. The smallest absolute Gasteiger partial charge is 0.247 e. The first-order valence-corrected chi connectivity index (χ1v) is 5.11.